The van der Waals surface area contributed by atoms with Gasteiger partial charge in [-0.1, -0.05) is 60.1 Å². The molecule has 168 valence electrons. The van der Waals surface area contributed by atoms with E-state index in [4.69, 9.17) is 16.3 Å². The fourth-order valence-electron chi connectivity index (χ4n) is 3.62. The molecule has 3 aromatic rings. The molecule has 0 aliphatic carbocycles. The highest BCUT2D eigenvalue weighted by atomic mass is 35.5. The van der Waals surface area contributed by atoms with Gasteiger partial charge in [0.15, 0.2) is 6.17 Å². The number of hydrogen-bond acceptors (Lipinski definition) is 6. The number of benzene rings is 3. The first-order chi connectivity index (χ1) is 16.0. The first kappa shape index (κ1) is 22.4. The van der Waals surface area contributed by atoms with E-state index in [2.05, 4.69) is 5.10 Å². The van der Waals surface area contributed by atoms with E-state index in [9.17, 15) is 9.59 Å². The van der Waals surface area contributed by atoms with Crippen LogP contribution >= 0.6 is 11.6 Å². The molecule has 3 aromatic carbocycles. The monoisotopic (exact) mass is 462 g/mol. The highest BCUT2D eigenvalue weighted by molar-refractivity contribution is 6.35. The van der Waals surface area contributed by atoms with Gasteiger partial charge in [-0.05, 0) is 48.9 Å². The number of anilines is 1. The van der Waals surface area contributed by atoms with Gasteiger partial charge in [-0.25, -0.2) is 14.8 Å². The maximum Gasteiger partial charge on any atom is 0.377 e. The SMILES string of the molecule is CCOC(=O)C1=NN(c2ccc(Cl)cc2)C(c2ccccc2)N(C(=O)c2ccccc2)N1C. The molecule has 8 heteroatoms. The largest absolute Gasteiger partial charge is 0.460 e. The topological polar surface area (TPSA) is 65.5 Å². The van der Waals surface area contributed by atoms with E-state index in [1.807, 2.05) is 36.4 Å². The lowest BCUT2D eigenvalue weighted by molar-refractivity contribution is -0.137. The molecular formula is C25H23ClN4O3. The van der Waals surface area contributed by atoms with Gasteiger partial charge in [0, 0.05) is 17.6 Å². The molecule has 1 aliphatic rings. The minimum atomic E-state index is -0.664. The van der Waals surface area contributed by atoms with Crippen molar-refractivity contribution in [1.82, 2.24) is 10.0 Å². The summed E-state index contributed by atoms with van der Waals surface area (Å²) < 4.78 is 5.23. The van der Waals surface area contributed by atoms with Crippen molar-refractivity contribution in [3.05, 3.63) is 101 Å². The molecule has 0 radical (unpaired) electrons. The molecule has 0 N–H and O–H groups in total. The summed E-state index contributed by atoms with van der Waals surface area (Å²) in [7, 11) is 1.63. The van der Waals surface area contributed by atoms with Crippen LogP contribution in [0.2, 0.25) is 5.02 Å². The lowest BCUT2D eigenvalue weighted by Gasteiger charge is -2.46. The number of hydrogen-bond donors (Lipinski definition) is 0. The smallest absolute Gasteiger partial charge is 0.377 e. The minimum Gasteiger partial charge on any atom is -0.460 e. The maximum atomic E-state index is 13.8. The van der Waals surface area contributed by atoms with Crippen molar-refractivity contribution in [2.45, 2.75) is 13.1 Å². The summed E-state index contributed by atoms with van der Waals surface area (Å²) in [6.45, 7) is 1.90. The Morgan fingerprint density at radius 3 is 2.15 bits per heavy atom. The highest BCUT2D eigenvalue weighted by Crippen LogP contribution is 2.36. The Morgan fingerprint density at radius 2 is 1.55 bits per heavy atom. The lowest BCUT2D eigenvalue weighted by Crippen LogP contribution is -2.59. The predicted octanol–water partition coefficient (Wildman–Crippen LogP) is 4.72. The molecular weight excluding hydrogens is 440 g/mol. The molecule has 0 saturated heterocycles. The Kier molecular flexibility index (Phi) is 6.60. The van der Waals surface area contributed by atoms with Gasteiger partial charge in [0.25, 0.3) is 11.7 Å². The molecule has 1 amide bonds. The van der Waals surface area contributed by atoms with Gasteiger partial charge in [0.2, 0.25) is 0 Å². The van der Waals surface area contributed by atoms with Crippen LogP contribution in [0.5, 0.6) is 0 Å². The zero-order valence-electron chi connectivity index (χ0n) is 18.3. The number of nitrogens with zero attached hydrogens (tertiary/aromatic N) is 4. The minimum absolute atomic E-state index is 0.0109. The van der Waals surface area contributed by atoms with E-state index >= 15 is 0 Å². The van der Waals surface area contributed by atoms with E-state index in [1.165, 1.54) is 10.0 Å². The molecule has 0 saturated carbocycles. The summed E-state index contributed by atoms with van der Waals surface area (Å²) >= 11 is 6.11. The first-order valence-electron chi connectivity index (χ1n) is 10.5. The Morgan fingerprint density at radius 1 is 0.939 bits per heavy atom. The molecule has 1 unspecified atom stereocenters. The molecule has 33 heavy (non-hydrogen) atoms. The fourth-order valence-corrected chi connectivity index (χ4v) is 3.75. The third-order valence-corrected chi connectivity index (χ3v) is 5.42. The molecule has 1 aliphatic heterocycles. The summed E-state index contributed by atoms with van der Waals surface area (Å²) in [6.07, 6.45) is -0.664. The number of amidine groups is 1. The van der Waals surface area contributed by atoms with Crippen LogP contribution in [0.15, 0.2) is 90.0 Å². The number of carbonyl (C=O) groups is 2. The standard InChI is InChI=1S/C25H23ClN4O3/c1-3-33-25(32)22-27-29(21-16-14-20(26)15-17-21)23(18-10-6-4-7-11-18)30(28(22)2)24(31)19-12-8-5-9-13-19/h4-17,23H,3H2,1-2H3. The Bertz CT molecular complexity index is 1150. The van der Waals surface area contributed by atoms with E-state index in [0.717, 1.165) is 5.56 Å². The number of carbonyl (C=O) groups excluding carboxylic acids is 2. The van der Waals surface area contributed by atoms with E-state index in [-0.39, 0.29) is 18.3 Å². The number of amides is 1. The van der Waals surface area contributed by atoms with Gasteiger partial charge in [-0.3, -0.25) is 9.80 Å². The number of halogens is 1. The van der Waals surface area contributed by atoms with E-state index in [1.54, 1.807) is 67.5 Å². The fraction of sp³-hybridized carbons (Fsp3) is 0.160. The second-order valence-electron chi connectivity index (χ2n) is 7.29. The molecule has 4 rings (SSSR count). The molecule has 0 bridgehead atoms. The van der Waals surface area contributed by atoms with E-state index < -0.39 is 12.1 Å². The second kappa shape index (κ2) is 9.75. The molecule has 7 nitrogen and oxygen atoms in total. The third kappa shape index (κ3) is 4.54. The lowest BCUT2D eigenvalue weighted by atomic mass is 10.1. The highest BCUT2D eigenvalue weighted by Gasteiger charge is 2.42. The van der Waals surface area contributed by atoms with Crippen molar-refractivity contribution < 1.29 is 14.3 Å². The van der Waals surface area contributed by atoms with Crippen LogP contribution in [-0.4, -0.2) is 41.4 Å². The Balaban J connectivity index is 1.91. The predicted molar refractivity (Wildman–Crippen MR) is 128 cm³/mol. The second-order valence-corrected chi connectivity index (χ2v) is 7.73. The molecule has 1 heterocycles. The van der Waals surface area contributed by atoms with Crippen molar-refractivity contribution in [2.75, 3.05) is 18.7 Å². The van der Waals surface area contributed by atoms with E-state index in [0.29, 0.717) is 16.3 Å². The number of rotatable bonds is 5. The quantitative estimate of drug-likeness (QED) is 0.513. The van der Waals surface area contributed by atoms with Crippen LogP contribution in [-0.2, 0) is 9.53 Å². The van der Waals surface area contributed by atoms with Crippen molar-refractivity contribution in [3.63, 3.8) is 0 Å². The zero-order valence-corrected chi connectivity index (χ0v) is 19.0. The summed E-state index contributed by atoms with van der Waals surface area (Å²) in [5.41, 5.74) is 1.95. The third-order valence-electron chi connectivity index (χ3n) is 5.17. The van der Waals surface area contributed by atoms with Gasteiger partial charge < -0.3 is 4.74 Å². The van der Waals surface area contributed by atoms with Crippen LogP contribution in [0.4, 0.5) is 5.69 Å². The number of esters is 1. The zero-order chi connectivity index (χ0) is 23.4. The number of likely N-dealkylation sites (N-methyl/N-ethyl adjacent to an activating group) is 1. The molecule has 0 aromatic heterocycles. The van der Waals surface area contributed by atoms with Crippen molar-refractivity contribution in [1.29, 1.82) is 0 Å². The number of hydrazone groups is 1. The van der Waals surface area contributed by atoms with Crippen molar-refractivity contribution in [2.24, 2.45) is 5.10 Å². The van der Waals surface area contributed by atoms with Gasteiger partial charge in [0.1, 0.15) is 0 Å². The number of ether oxygens (including phenoxy) is 1. The van der Waals surface area contributed by atoms with Crippen LogP contribution < -0.4 is 5.01 Å². The van der Waals surface area contributed by atoms with Gasteiger partial charge >= 0.3 is 5.97 Å². The van der Waals surface area contributed by atoms with Gasteiger partial charge in [-0.2, -0.15) is 0 Å². The maximum absolute atomic E-state index is 13.8. The van der Waals surface area contributed by atoms with Crippen LogP contribution in [0.3, 0.4) is 0 Å². The van der Waals surface area contributed by atoms with Gasteiger partial charge in [0.05, 0.1) is 12.3 Å². The van der Waals surface area contributed by atoms with Crippen LogP contribution in [0.25, 0.3) is 0 Å². The van der Waals surface area contributed by atoms with Crippen molar-refractivity contribution in [3.8, 4) is 0 Å². The van der Waals surface area contributed by atoms with Gasteiger partial charge in [-0.15, -0.1) is 5.10 Å². The first-order valence-corrected chi connectivity index (χ1v) is 10.9. The normalized spacial score (nSPS) is 15.8. The molecule has 1 atom stereocenters. The van der Waals surface area contributed by atoms with Crippen LogP contribution in [0.1, 0.15) is 29.0 Å². The summed E-state index contributed by atoms with van der Waals surface area (Å²) in [6, 6.07) is 25.5. The summed E-state index contributed by atoms with van der Waals surface area (Å²) in [5, 5.41) is 9.80. The molecule has 0 spiro atoms. The van der Waals surface area contributed by atoms with Crippen molar-refractivity contribution >= 4 is 35.0 Å². The summed E-state index contributed by atoms with van der Waals surface area (Å²) in [4.78, 5) is 26.6. The average Bonchev–Trinajstić information content (AvgIpc) is 2.85. The number of hydrazine groups is 1. The summed E-state index contributed by atoms with van der Waals surface area (Å²) in [5.74, 6) is -0.929. The van der Waals surface area contributed by atoms with Crippen LogP contribution in [0, 0.1) is 0 Å². The Hall–Kier alpha value is -3.84. The molecule has 0 fully saturated rings. The Labute approximate surface area is 197 Å². The average molecular weight is 463 g/mol.